The predicted molar refractivity (Wildman–Crippen MR) is 60.7 cm³/mol. The van der Waals surface area contributed by atoms with Crippen LogP contribution in [0.1, 0.15) is 24.4 Å². The summed E-state index contributed by atoms with van der Waals surface area (Å²) >= 11 is 0. The van der Waals surface area contributed by atoms with E-state index >= 15 is 0 Å². The molecule has 0 aliphatic heterocycles. The second kappa shape index (κ2) is 4.72. The first-order valence-corrected chi connectivity index (χ1v) is 5.45. The summed E-state index contributed by atoms with van der Waals surface area (Å²) in [6.45, 7) is -0.0774. The van der Waals surface area contributed by atoms with Crippen molar-refractivity contribution < 1.29 is 14.6 Å². The molecule has 1 saturated carbocycles. The lowest BCUT2D eigenvalue weighted by molar-refractivity contribution is 0.266. The van der Waals surface area contributed by atoms with Crippen molar-refractivity contribution in [3.63, 3.8) is 0 Å². The van der Waals surface area contributed by atoms with E-state index in [2.05, 4.69) is 0 Å². The number of hydrogen-bond acceptors (Lipinski definition) is 4. The molecule has 1 atom stereocenters. The molecule has 0 bridgehead atoms. The maximum Gasteiger partial charge on any atom is 0.161 e. The van der Waals surface area contributed by atoms with E-state index in [9.17, 15) is 0 Å². The van der Waals surface area contributed by atoms with Gasteiger partial charge in [-0.1, -0.05) is 6.07 Å². The molecule has 2 rings (SSSR count). The van der Waals surface area contributed by atoms with Gasteiger partial charge in [0.1, 0.15) is 0 Å². The standard InChI is InChI=1S/C12H17NO3/c1-15-12-6-8(10(13)7-14)2-5-11(12)16-9-3-4-9/h2,5-6,9-10,14H,3-4,7,13H2,1H3. The first-order chi connectivity index (χ1) is 7.74. The van der Waals surface area contributed by atoms with E-state index in [1.807, 2.05) is 18.2 Å². The Hall–Kier alpha value is -1.26. The Bertz CT molecular complexity index is 363. The number of aliphatic hydroxyl groups excluding tert-OH is 1. The highest BCUT2D eigenvalue weighted by Crippen LogP contribution is 2.34. The number of nitrogens with two attached hydrogens (primary N) is 1. The van der Waals surface area contributed by atoms with Crippen molar-refractivity contribution >= 4 is 0 Å². The second-order valence-electron chi connectivity index (χ2n) is 4.02. The number of aliphatic hydroxyl groups is 1. The predicted octanol–water partition coefficient (Wildman–Crippen LogP) is 1.23. The number of hydrogen-bond donors (Lipinski definition) is 2. The Kier molecular flexibility index (Phi) is 3.31. The quantitative estimate of drug-likeness (QED) is 0.788. The van der Waals surface area contributed by atoms with Crippen molar-refractivity contribution in [1.82, 2.24) is 0 Å². The van der Waals surface area contributed by atoms with Gasteiger partial charge in [0.15, 0.2) is 11.5 Å². The normalized spacial score (nSPS) is 16.9. The van der Waals surface area contributed by atoms with E-state index in [4.69, 9.17) is 20.3 Å². The van der Waals surface area contributed by atoms with Gasteiger partial charge in [0.05, 0.1) is 25.9 Å². The van der Waals surface area contributed by atoms with Crippen LogP contribution in [0.5, 0.6) is 11.5 Å². The Labute approximate surface area is 95.0 Å². The lowest BCUT2D eigenvalue weighted by Gasteiger charge is -2.14. The largest absolute Gasteiger partial charge is 0.493 e. The monoisotopic (exact) mass is 223 g/mol. The molecule has 0 radical (unpaired) electrons. The summed E-state index contributed by atoms with van der Waals surface area (Å²) in [5, 5.41) is 8.98. The average molecular weight is 223 g/mol. The van der Waals surface area contributed by atoms with Crippen molar-refractivity contribution in [2.45, 2.75) is 25.0 Å². The Morgan fingerprint density at radius 1 is 1.44 bits per heavy atom. The smallest absolute Gasteiger partial charge is 0.161 e. The van der Waals surface area contributed by atoms with Crippen molar-refractivity contribution in [3.8, 4) is 11.5 Å². The molecule has 1 aromatic rings. The molecule has 3 N–H and O–H groups in total. The van der Waals surface area contributed by atoms with Crippen molar-refractivity contribution in [2.75, 3.05) is 13.7 Å². The van der Waals surface area contributed by atoms with E-state index < -0.39 is 0 Å². The first kappa shape index (κ1) is 11.2. The second-order valence-corrected chi connectivity index (χ2v) is 4.02. The Balaban J connectivity index is 2.19. The highest BCUT2D eigenvalue weighted by molar-refractivity contribution is 5.44. The van der Waals surface area contributed by atoms with Crippen LogP contribution in [0.2, 0.25) is 0 Å². The Morgan fingerprint density at radius 2 is 2.19 bits per heavy atom. The third-order valence-corrected chi connectivity index (χ3v) is 2.63. The Morgan fingerprint density at radius 3 is 2.75 bits per heavy atom. The fraction of sp³-hybridized carbons (Fsp3) is 0.500. The van der Waals surface area contributed by atoms with Crippen LogP contribution in [-0.2, 0) is 0 Å². The minimum absolute atomic E-state index is 0.0774. The van der Waals surface area contributed by atoms with Gasteiger partial charge in [0.25, 0.3) is 0 Å². The fourth-order valence-corrected chi connectivity index (χ4v) is 1.48. The molecule has 0 heterocycles. The third kappa shape index (κ3) is 2.46. The van der Waals surface area contributed by atoms with Gasteiger partial charge in [-0.15, -0.1) is 0 Å². The molecule has 88 valence electrons. The number of benzene rings is 1. The van der Waals surface area contributed by atoms with E-state index in [-0.39, 0.29) is 12.6 Å². The molecule has 1 fully saturated rings. The van der Waals surface area contributed by atoms with Crippen LogP contribution in [0, 0.1) is 0 Å². The zero-order valence-electron chi connectivity index (χ0n) is 9.35. The average Bonchev–Trinajstić information content (AvgIpc) is 3.12. The lowest BCUT2D eigenvalue weighted by Crippen LogP contribution is -2.14. The zero-order valence-corrected chi connectivity index (χ0v) is 9.35. The van der Waals surface area contributed by atoms with Crippen molar-refractivity contribution in [1.29, 1.82) is 0 Å². The molecular weight excluding hydrogens is 206 g/mol. The van der Waals surface area contributed by atoms with Gasteiger partial charge < -0.3 is 20.3 Å². The van der Waals surface area contributed by atoms with Crippen molar-refractivity contribution in [3.05, 3.63) is 23.8 Å². The summed E-state index contributed by atoms with van der Waals surface area (Å²) in [6, 6.07) is 5.16. The summed E-state index contributed by atoms with van der Waals surface area (Å²) in [5.41, 5.74) is 6.58. The van der Waals surface area contributed by atoms with Crippen LogP contribution in [0.15, 0.2) is 18.2 Å². The summed E-state index contributed by atoms with van der Waals surface area (Å²) in [6.07, 6.45) is 2.56. The molecule has 16 heavy (non-hydrogen) atoms. The number of rotatable bonds is 5. The summed E-state index contributed by atoms with van der Waals surface area (Å²) in [4.78, 5) is 0. The van der Waals surface area contributed by atoms with E-state index in [1.165, 1.54) is 0 Å². The van der Waals surface area contributed by atoms with Gasteiger partial charge in [0, 0.05) is 0 Å². The third-order valence-electron chi connectivity index (χ3n) is 2.63. The van der Waals surface area contributed by atoms with Crippen LogP contribution in [0.25, 0.3) is 0 Å². The summed E-state index contributed by atoms with van der Waals surface area (Å²) in [5.74, 6) is 1.42. The van der Waals surface area contributed by atoms with Crippen molar-refractivity contribution in [2.24, 2.45) is 5.73 Å². The molecule has 4 nitrogen and oxygen atoms in total. The van der Waals surface area contributed by atoms with Gasteiger partial charge in [-0.25, -0.2) is 0 Å². The topological polar surface area (TPSA) is 64.7 Å². The lowest BCUT2D eigenvalue weighted by atomic mass is 10.1. The summed E-state index contributed by atoms with van der Waals surface area (Å²) < 4.78 is 10.9. The van der Waals surface area contributed by atoms with E-state index in [0.29, 0.717) is 11.9 Å². The van der Waals surface area contributed by atoms with E-state index in [1.54, 1.807) is 7.11 Å². The van der Waals surface area contributed by atoms with Crippen LogP contribution in [0.3, 0.4) is 0 Å². The van der Waals surface area contributed by atoms with Crippen LogP contribution < -0.4 is 15.2 Å². The molecule has 1 aromatic carbocycles. The molecule has 0 aromatic heterocycles. The summed E-state index contributed by atoms with van der Waals surface area (Å²) in [7, 11) is 1.60. The maximum absolute atomic E-state index is 8.98. The number of ether oxygens (including phenoxy) is 2. The van der Waals surface area contributed by atoms with Gasteiger partial charge in [0.2, 0.25) is 0 Å². The van der Waals surface area contributed by atoms with Crippen LogP contribution in [-0.4, -0.2) is 24.9 Å². The van der Waals surface area contributed by atoms with Crippen LogP contribution >= 0.6 is 0 Å². The first-order valence-electron chi connectivity index (χ1n) is 5.45. The number of methoxy groups -OCH3 is 1. The molecule has 1 aliphatic rings. The highest BCUT2D eigenvalue weighted by atomic mass is 16.5. The van der Waals surface area contributed by atoms with Gasteiger partial charge in [-0.05, 0) is 30.5 Å². The molecule has 1 aliphatic carbocycles. The van der Waals surface area contributed by atoms with Crippen LogP contribution in [0.4, 0.5) is 0 Å². The molecule has 4 heteroatoms. The molecule has 0 amide bonds. The molecule has 1 unspecified atom stereocenters. The SMILES string of the molecule is COc1cc(C(N)CO)ccc1OC1CC1. The molecule has 0 saturated heterocycles. The molecular formula is C12H17NO3. The highest BCUT2D eigenvalue weighted by Gasteiger charge is 2.25. The van der Waals surface area contributed by atoms with Gasteiger partial charge in [-0.2, -0.15) is 0 Å². The van der Waals surface area contributed by atoms with Gasteiger partial charge in [-0.3, -0.25) is 0 Å². The minimum atomic E-state index is -0.371. The minimum Gasteiger partial charge on any atom is -0.493 e. The maximum atomic E-state index is 8.98. The fourth-order valence-electron chi connectivity index (χ4n) is 1.48. The zero-order chi connectivity index (χ0) is 11.5. The molecule has 0 spiro atoms. The van der Waals surface area contributed by atoms with E-state index in [0.717, 1.165) is 24.2 Å². The van der Waals surface area contributed by atoms with Gasteiger partial charge >= 0.3 is 0 Å².